The Kier molecular flexibility index (Phi) is 4.45. The van der Waals surface area contributed by atoms with Gasteiger partial charge < -0.3 is 15.4 Å². The third kappa shape index (κ3) is 3.37. The van der Waals surface area contributed by atoms with E-state index in [4.69, 9.17) is 4.74 Å². The van der Waals surface area contributed by atoms with Gasteiger partial charge in [-0.1, -0.05) is 0 Å². The molecule has 0 saturated heterocycles. The second-order valence-electron chi connectivity index (χ2n) is 4.64. The van der Waals surface area contributed by atoms with Crippen molar-refractivity contribution >= 4 is 5.96 Å². The minimum Gasteiger partial charge on any atom is -0.378 e. The van der Waals surface area contributed by atoms with Crippen LogP contribution in [0.4, 0.5) is 0 Å². The summed E-state index contributed by atoms with van der Waals surface area (Å²) in [5, 5.41) is 6.64. The van der Waals surface area contributed by atoms with Gasteiger partial charge >= 0.3 is 0 Å². The first-order valence-electron chi connectivity index (χ1n) is 6.52. The molecular formula is C12H23N3O. The van der Waals surface area contributed by atoms with Crippen molar-refractivity contribution in [2.75, 3.05) is 26.2 Å². The highest BCUT2D eigenvalue weighted by Crippen LogP contribution is 2.32. The maximum absolute atomic E-state index is 5.55. The fourth-order valence-corrected chi connectivity index (χ4v) is 2.33. The van der Waals surface area contributed by atoms with Crippen molar-refractivity contribution in [1.82, 2.24) is 10.6 Å². The summed E-state index contributed by atoms with van der Waals surface area (Å²) in [7, 11) is 0. The minimum atomic E-state index is 0.542. The topological polar surface area (TPSA) is 45.6 Å². The first-order chi connectivity index (χ1) is 7.88. The minimum absolute atomic E-state index is 0.542. The molecule has 0 amide bonds. The highest BCUT2D eigenvalue weighted by molar-refractivity contribution is 5.80. The summed E-state index contributed by atoms with van der Waals surface area (Å²) in [6, 6.07) is 0. The van der Waals surface area contributed by atoms with Crippen LogP contribution in [0.1, 0.15) is 32.6 Å². The smallest absolute Gasteiger partial charge is 0.191 e. The Hall–Kier alpha value is -0.770. The molecule has 1 saturated carbocycles. The zero-order valence-corrected chi connectivity index (χ0v) is 10.2. The van der Waals surface area contributed by atoms with Crippen LogP contribution in [0.3, 0.4) is 0 Å². The summed E-state index contributed by atoms with van der Waals surface area (Å²) in [5.41, 5.74) is 0. The second kappa shape index (κ2) is 6.09. The van der Waals surface area contributed by atoms with E-state index >= 15 is 0 Å². The Morgan fingerprint density at radius 3 is 3.06 bits per heavy atom. The predicted octanol–water partition coefficient (Wildman–Crippen LogP) is 1.13. The van der Waals surface area contributed by atoms with Gasteiger partial charge in [-0.25, -0.2) is 0 Å². The maximum atomic E-state index is 5.55. The van der Waals surface area contributed by atoms with E-state index < -0.39 is 0 Å². The molecule has 0 unspecified atom stereocenters. The summed E-state index contributed by atoms with van der Waals surface area (Å²) < 4.78 is 5.55. The first kappa shape index (κ1) is 11.7. The van der Waals surface area contributed by atoms with Crippen LogP contribution in [0.5, 0.6) is 0 Å². The number of nitrogens with one attached hydrogen (secondary N) is 2. The quantitative estimate of drug-likeness (QED) is 0.737. The van der Waals surface area contributed by atoms with Crippen LogP contribution >= 0.6 is 0 Å². The van der Waals surface area contributed by atoms with Crippen LogP contribution in [0.2, 0.25) is 0 Å². The molecular weight excluding hydrogens is 202 g/mol. The van der Waals surface area contributed by atoms with E-state index in [9.17, 15) is 0 Å². The summed E-state index contributed by atoms with van der Waals surface area (Å²) in [4.78, 5) is 4.38. The molecule has 2 rings (SSSR count). The van der Waals surface area contributed by atoms with Crippen molar-refractivity contribution in [3.05, 3.63) is 0 Å². The number of guanidine groups is 1. The average molecular weight is 225 g/mol. The van der Waals surface area contributed by atoms with Crippen molar-refractivity contribution in [2.24, 2.45) is 10.9 Å². The van der Waals surface area contributed by atoms with Gasteiger partial charge in [-0.15, -0.1) is 0 Å². The maximum Gasteiger partial charge on any atom is 0.191 e. The number of hydrogen-bond acceptors (Lipinski definition) is 4. The van der Waals surface area contributed by atoms with Crippen LogP contribution in [0.25, 0.3) is 0 Å². The van der Waals surface area contributed by atoms with Gasteiger partial charge in [-0.05, 0) is 38.5 Å². The molecule has 16 heavy (non-hydrogen) atoms. The van der Waals surface area contributed by atoms with Gasteiger partial charge in [0.25, 0.3) is 0 Å². The van der Waals surface area contributed by atoms with Gasteiger partial charge in [0, 0.05) is 26.2 Å². The Balaban J connectivity index is 1.51. The standard InChI is InChI=1S/C12H23N3O/c1-2-16-11-8-10(9-11)4-7-15-12-13-5-3-6-14-12/h10-11H,2-9H2,1H3,(H2,13,14,15). The summed E-state index contributed by atoms with van der Waals surface area (Å²) in [6.45, 7) is 5.99. The molecule has 4 heteroatoms. The van der Waals surface area contributed by atoms with E-state index in [2.05, 4.69) is 22.5 Å². The molecule has 1 aliphatic carbocycles. The van der Waals surface area contributed by atoms with Crippen molar-refractivity contribution in [3.63, 3.8) is 0 Å². The van der Waals surface area contributed by atoms with Crippen molar-refractivity contribution in [2.45, 2.75) is 38.7 Å². The van der Waals surface area contributed by atoms with E-state index in [-0.39, 0.29) is 0 Å². The number of rotatable bonds is 5. The number of aliphatic imine (C=N–C) groups is 1. The van der Waals surface area contributed by atoms with E-state index in [1.807, 2.05) is 0 Å². The van der Waals surface area contributed by atoms with Crippen LogP contribution in [-0.2, 0) is 4.74 Å². The number of hydrogen-bond donors (Lipinski definition) is 2. The molecule has 0 aromatic rings. The monoisotopic (exact) mass is 225 g/mol. The Labute approximate surface area is 97.9 Å². The highest BCUT2D eigenvalue weighted by Gasteiger charge is 2.28. The lowest BCUT2D eigenvalue weighted by Gasteiger charge is -2.35. The largest absolute Gasteiger partial charge is 0.378 e. The number of ether oxygens (including phenoxy) is 1. The molecule has 0 atom stereocenters. The molecule has 1 heterocycles. The van der Waals surface area contributed by atoms with Crippen LogP contribution < -0.4 is 10.6 Å². The Morgan fingerprint density at radius 1 is 1.50 bits per heavy atom. The SMILES string of the molecule is CCOC1CC(CCNC2=NCCCN2)C1. The van der Waals surface area contributed by atoms with Crippen molar-refractivity contribution in [3.8, 4) is 0 Å². The molecule has 92 valence electrons. The van der Waals surface area contributed by atoms with Gasteiger partial charge in [0.05, 0.1) is 6.10 Å². The second-order valence-corrected chi connectivity index (χ2v) is 4.64. The first-order valence-corrected chi connectivity index (χ1v) is 6.52. The average Bonchev–Trinajstić information content (AvgIpc) is 2.27. The molecule has 0 radical (unpaired) electrons. The van der Waals surface area contributed by atoms with Gasteiger partial charge in [-0.2, -0.15) is 0 Å². The fraction of sp³-hybridized carbons (Fsp3) is 0.917. The van der Waals surface area contributed by atoms with E-state index in [0.29, 0.717) is 6.10 Å². The Bertz CT molecular complexity index is 236. The molecule has 1 fully saturated rings. The molecule has 2 aliphatic rings. The lowest BCUT2D eigenvalue weighted by molar-refractivity contribution is -0.0260. The molecule has 0 spiro atoms. The van der Waals surface area contributed by atoms with E-state index in [1.54, 1.807) is 0 Å². The third-order valence-electron chi connectivity index (χ3n) is 3.34. The predicted molar refractivity (Wildman–Crippen MR) is 65.7 cm³/mol. The lowest BCUT2D eigenvalue weighted by Crippen LogP contribution is -2.42. The normalized spacial score (nSPS) is 28.9. The van der Waals surface area contributed by atoms with Crippen molar-refractivity contribution in [1.29, 1.82) is 0 Å². The van der Waals surface area contributed by atoms with Crippen molar-refractivity contribution < 1.29 is 4.74 Å². The zero-order chi connectivity index (χ0) is 11.2. The molecule has 4 nitrogen and oxygen atoms in total. The van der Waals surface area contributed by atoms with Crippen LogP contribution in [0, 0.1) is 5.92 Å². The third-order valence-corrected chi connectivity index (χ3v) is 3.34. The molecule has 1 aliphatic heterocycles. The van der Waals surface area contributed by atoms with Gasteiger partial charge in [0.2, 0.25) is 0 Å². The lowest BCUT2D eigenvalue weighted by atomic mass is 9.80. The summed E-state index contributed by atoms with van der Waals surface area (Å²) >= 11 is 0. The van der Waals surface area contributed by atoms with Gasteiger partial charge in [0.15, 0.2) is 5.96 Å². The van der Waals surface area contributed by atoms with Gasteiger partial charge in [-0.3, -0.25) is 4.99 Å². The van der Waals surface area contributed by atoms with E-state index in [0.717, 1.165) is 44.5 Å². The molecule has 0 bridgehead atoms. The zero-order valence-electron chi connectivity index (χ0n) is 10.2. The summed E-state index contributed by atoms with van der Waals surface area (Å²) in [6.07, 6.45) is 5.43. The van der Waals surface area contributed by atoms with E-state index in [1.165, 1.54) is 19.3 Å². The number of nitrogens with zero attached hydrogens (tertiary/aromatic N) is 1. The highest BCUT2D eigenvalue weighted by atomic mass is 16.5. The fourth-order valence-electron chi connectivity index (χ4n) is 2.33. The Morgan fingerprint density at radius 2 is 2.38 bits per heavy atom. The van der Waals surface area contributed by atoms with Gasteiger partial charge in [0.1, 0.15) is 0 Å². The van der Waals surface area contributed by atoms with Crippen LogP contribution in [-0.4, -0.2) is 38.3 Å². The molecule has 0 aromatic carbocycles. The summed E-state index contributed by atoms with van der Waals surface area (Å²) in [5.74, 6) is 1.85. The van der Waals surface area contributed by atoms with Crippen LogP contribution in [0.15, 0.2) is 4.99 Å². The molecule has 2 N–H and O–H groups in total. The molecule has 0 aromatic heterocycles.